The first-order valence-electron chi connectivity index (χ1n) is 5.84. The molecular weight excluding hydrogens is 249 g/mol. The first-order chi connectivity index (χ1) is 8.56. The highest BCUT2D eigenvalue weighted by Gasteiger charge is 2.08. The molecule has 0 radical (unpaired) electrons. The summed E-state index contributed by atoms with van der Waals surface area (Å²) in [5.41, 5.74) is 3.14. The summed E-state index contributed by atoms with van der Waals surface area (Å²) in [6.45, 7) is 4.10. The van der Waals surface area contributed by atoms with E-state index in [1.807, 2.05) is 6.92 Å². The molecule has 2 aromatic carbocycles. The van der Waals surface area contributed by atoms with E-state index < -0.39 is 0 Å². The lowest BCUT2D eigenvalue weighted by Crippen LogP contribution is -2.07. The van der Waals surface area contributed by atoms with Crippen LogP contribution in [0.1, 0.15) is 24.1 Å². The molecule has 3 heteroatoms. The number of halogens is 2. The molecule has 1 nitrogen and oxygen atoms in total. The topological polar surface area (TPSA) is 12.0 Å². The Morgan fingerprint density at radius 1 is 1.11 bits per heavy atom. The zero-order valence-corrected chi connectivity index (χ0v) is 11.1. The van der Waals surface area contributed by atoms with Gasteiger partial charge in [-0.05, 0) is 37.6 Å². The van der Waals surface area contributed by atoms with Crippen LogP contribution in [0.5, 0.6) is 0 Å². The van der Waals surface area contributed by atoms with E-state index in [0.29, 0.717) is 5.02 Å². The van der Waals surface area contributed by atoms with Gasteiger partial charge < -0.3 is 5.32 Å². The third kappa shape index (κ3) is 3.02. The molecule has 1 N–H and O–H groups in total. The predicted molar refractivity (Wildman–Crippen MR) is 74.6 cm³/mol. The second-order valence-corrected chi connectivity index (χ2v) is 4.81. The van der Waals surface area contributed by atoms with Crippen LogP contribution in [-0.4, -0.2) is 0 Å². The van der Waals surface area contributed by atoms with Crippen molar-refractivity contribution in [2.24, 2.45) is 0 Å². The molecule has 2 aromatic rings. The molecular formula is C15H15ClFN. The molecule has 0 spiro atoms. The zero-order chi connectivity index (χ0) is 13.1. The van der Waals surface area contributed by atoms with E-state index in [1.165, 1.54) is 23.3 Å². The highest BCUT2D eigenvalue weighted by Crippen LogP contribution is 2.26. The number of rotatable bonds is 3. The molecule has 0 saturated carbocycles. The molecule has 0 amide bonds. The summed E-state index contributed by atoms with van der Waals surface area (Å²) >= 11 is 5.98. The molecule has 0 aliphatic rings. The van der Waals surface area contributed by atoms with Crippen molar-refractivity contribution in [2.45, 2.75) is 19.9 Å². The lowest BCUT2D eigenvalue weighted by Gasteiger charge is -2.17. The molecule has 0 bridgehead atoms. The third-order valence-electron chi connectivity index (χ3n) is 2.88. The SMILES string of the molecule is Cc1ccc(C(C)Nc2ccc(F)cc2Cl)cc1. The average Bonchev–Trinajstić information content (AvgIpc) is 2.33. The normalized spacial score (nSPS) is 12.2. The van der Waals surface area contributed by atoms with E-state index in [1.54, 1.807) is 6.07 Å². The van der Waals surface area contributed by atoms with Crippen molar-refractivity contribution in [3.63, 3.8) is 0 Å². The summed E-state index contributed by atoms with van der Waals surface area (Å²) in [7, 11) is 0. The van der Waals surface area contributed by atoms with Gasteiger partial charge in [0, 0.05) is 6.04 Å². The minimum absolute atomic E-state index is 0.119. The zero-order valence-electron chi connectivity index (χ0n) is 10.4. The number of benzene rings is 2. The molecule has 94 valence electrons. The van der Waals surface area contributed by atoms with Gasteiger partial charge in [-0.1, -0.05) is 41.4 Å². The Balaban J connectivity index is 2.15. The third-order valence-corrected chi connectivity index (χ3v) is 3.19. The van der Waals surface area contributed by atoms with Gasteiger partial charge in [-0.2, -0.15) is 0 Å². The number of anilines is 1. The van der Waals surface area contributed by atoms with E-state index in [2.05, 4.69) is 36.5 Å². The number of hydrogen-bond donors (Lipinski definition) is 1. The van der Waals surface area contributed by atoms with Gasteiger partial charge in [0.15, 0.2) is 0 Å². The highest BCUT2D eigenvalue weighted by molar-refractivity contribution is 6.33. The summed E-state index contributed by atoms with van der Waals surface area (Å²) in [6, 6.07) is 12.8. The Kier molecular flexibility index (Phi) is 3.87. The van der Waals surface area contributed by atoms with E-state index in [9.17, 15) is 4.39 Å². The van der Waals surface area contributed by atoms with Crippen LogP contribution in [0.3, 0.4) is 0 Å². The predicted octanol–water partition coefficient (Wildman–Crippen LogP) is 4.96. The Morgan fingerprint density at radius 3 is 2.39 bits per heavy atom. The average molecular weight is 264 g/mol. The molecule has 0 aliphatic carbocycles. The first-order valence-corrected chi connectivity index (χ1v) is 6.22. The van der Waals surface area contributed by atoms with E-state index in [-0.39, 0.29) is 11.9 Å². The van der Waals surface area contributed by atoms with Crippen LogP contribution in [0, 0.1) is 12.7 Å². The van der Waals surface area contributed by atoms with Gasteiger partial charge in [0.05, 0.1) is 10.7 Å². The van der Waals surface area contributed by atoms with Crippen LogP contribution in [0.4, 0.5) is 10.1 Å². The molecule has 1 atom stereocenters. The Labute approximate surface area is 112 Å². The van der Waals surface area contributed by atoms with E-state index >= 15 is 0 Å². The van der Waals surface area contributed by atoms with Gasteiger partial charge >= 0.3 is 0 Å². The lowest BCUT2D eigenvalue weighted by molar-refractivity contribution is 0.628. The summed E-state index contributed by atoms with van der Waals surface area (Å²) in [6.07, 6.45) is 0. The van der Waals surface area contributed by atoms with Gasteiger partial charge in [-0.25, -0.2) is 4.39 Å². The van der Waals surface area contributed by atoms with Crippen LogP contribution in [-0.2, 0) is 0 Å². The maximum atomic E-state index is 12.9. The molecule has 1 unspecified atom stereocenters. The fourth-order valence-corrected chi connectivity index (χ4v) is 2.00. The van der Waals surface area contributed by atoms with Gasteiger partial charge in [-0.3, -0.25) is 0 Å². The second kappa shape index (κ2) is 5.40. The maximum absolute atomic E-state index is 12.9. The number of hydrogen-bond acceptors (Lipinski definition) is 1. The van der Waals surface area contributed by atoms with Crippen molar-refractivity contribution in [3.8, 4) is 0 Å². The molecule has 0 aromatic heterocycles. The van der Waals surface area contributed by atoms with Gasteiger partial charge in [0.2, 0.25) is 0 Å². The molecule has 0 aliphatic heterocycles. The fourth-order valence-electron chi connectivity index (χ4n) is 1.78. The van der Waals surface area contributed by atoms with Crippen LogP contribution >= 0.6 is 11.6 Å². The van der Waals surface area contributed by atoms with Crippen molar-refractivity contribution >= 4 is 17.3 Å². The number of nitrogens with one attached hydrogen (secondary N) is 1. The summed E-state index contributed by atoms with van der Waals surface area (Å²) in [5, 5.41) is 3.67. The van der Waals surface area contributed by atoms with Gasteiger partial charge in [-0.15, -0.1) is 0 Å². The molecule has 0 saturated heterocycles. The second-order valence-electron chi connectivity index (χ2n) is 4.40. The standard InChI is InChI=1S/C15H15ClFN/c1-10-3-5-12(6-4-10)11(2)18-15-8-7-13(17)9-14(15)16/h3-9,11,18H,1-2H3. The van der Waals surface area contributed by atoms with Crippen LogP contribution < -0.4 is 5.32 Å². The maximum Gasteiger partial charge on any atom is 0.124 e. The van der Waals surface area contributed by atoms with Crippen LogP contribution in [0.2, 0.25) is 5.02 Å². The van der Waals surface area contributed by atoms with Gasteiger partial charge in [0.25, 0.3) is 0 Å². The van der Waals surface area contributed by atoms with Crippen molar-refractivity contribution in [1.29, 1.82) is 0 Å². The van der Waals surface area contributed by atoms with Crippen LogP contribution in [0.15, 0.2) is 42.5 Å². The van der Waals surface area contributed by atoms with Crippen molar-refractivity contribution in [1.82, 2.24) is 0 Å². The Hall–Kier alpha value is -1.54. The van der Waals surface area contributed by atoms with Crippen LogP contribution in [0.25, 0.3) is 0 Å². The number of aryl methyl sites for hydroxylation is 1. The smallest absolute Gasteiger partial charge is 0.124 e. The monoisotopic (exact) mass is 263 g/mol. The fraction of sp³-hybridized carbons (Fsp3) is 0.200. The van der Waals surface area contributed by atoms with Crippen molar-refractivity contribution in [3.05, 3.63) is 64.4 Å². The summed E-state index contributed by atoms with van der Waals surface area (Å²) < 4.78 is 12.9. The van der Waals surface area contributed by atoms with E-state index in [4.69, 9.17) is 11.6 Å². The van der Waals surface area contributed by atoms with Crippen molar-refractivity contribution < 1.29 is 4.39 Å². The minimum Gasteiger partial charge on any atom is -0.377 e. The largest absolute Gasteiger partial charge is 0.377 e. The lowest BCUT2D eigenvalue weighted by atomic mass is 10.1. The molecule has 18 heavy (non-hydrogen) atoms. The van der Waals surface area contributed by atoms with Crippen molar-refractivity contribution in [2.75, 3.05) is 5.32 Å². The highest BCUT2D eigenvalue weighted by atomic mass is 35.5. The Morgan fingerprint density at radius 2 is 1.78 bits per heavy atom. The quantitative estimate of drug-likeness (QED) is 0.825. The Bertz CT molecular complexity index is 537. The summed E-state index contributed by atoms with van der Waals surface area (Å²) in [4.78, 5) is 0. The van der Waals surface area contributed by atoms with Gasteiger partial charge in [0.1, 0.15) is 5.82 Å². The minimum atomic E-state index is -0.325. The first kappa shape index (κ1) is 12.9. The molecule has 0 heterocycles. The van der Waals surface area contributed by atoms with E-state index in [0.717, 1.165) is 5.69 Å². The molecule has 0 fully saturated rings. The summed E-state index contributed by atoms with van der Waals surface area (Å²) in [5.74, 6) is -0.325. The molecule has 2 rings (SSSR count).